The Bertz CT molecular complexity index is 1490. The van der Waals surface area contributed by atoms with Crippen LogP contribution in [0.25, 0.3) is 43.5 Å². The maximum atomic E-state index is 6.90. The third-order valence-corrected chi connectivity index (χ3v) is 11.8. The highest BCUT2D eigenvalue weighted by Crippen LogP contribution is 2.41. The highest BCUT2D eigenvalue weighted by molar-refractivity contribution is 7.38. The Hall–Kier alpha value is -2.31. The summed E-state index contributed by atoms with van der Waals surface area (Å²) in [6, 6.07) is 22.3. The fourth-order valence-electron chi connectivity index (χ4n) is 4.80. The van der Waals surface area contributed by atoms with Gasteiger partial charge in [-0.25, -0.2) is 4.67 Å². The van der Waals surface area contributed by atoms with Crippen molar-refractivity contribution in [1.29, 1.82) is 0 Å². The van der Waals surface area contributed by atoms with Gasteiger partial charge in [0.05, 0.1) is 16.1 Å². The Morgan fingerprint density at radius 1 is 0.618 bits per heavy atom. The van der Waals surface area contributed by atoms with Crippen molar-refractivity contribution in [2.75, 3.05) is 18.8 Å². The number of fused-ring (bicyclic) bond motifs is 7. The molecule has 0 amide bonds. The third-order valence-electron chi connectivity index (χ3n) is 6.53. The molecular formula is C28H34NO2PSi2. The predicted molar refractivity (Wildman–Crippen MR) is 157 cm³/mol. The van der Waals surface area contributed by atoms with Crippen LogP contribution in [0.3, 0.4) is 0 Å². The molecule has 0 aliphatic rings. The molecule has 0 saturated heterocycles. The van der Waals surface area contributed by atoms with Gasteiger partial charge in [0.2, 0.25) is 0 Å². The van der Waals surface area contributed by atoms with Crippen molar-refractivity contribution in [2.24, 2.45) is 0 Å². The molecule has 34 heavy (non-hydrogen) atoms. The quantitative estimate of drug-likeness (QED) is 0.235. The monoisotopic (exact) mass is 503 g/mol. The van der Waals surface area contributed by atoms with Crippen LogP contribution in [0.2, 0.25) is 39.3 Å². The summed E-state index contributed by atoms with van der Waals surface area (Å²) in [5.74, 6) is 0. The van der Waals surface area contributed by atoms with Gasteiger partial charge in [0.1, 0.15) is 11.2 Å². The first-order chi connectivity index (χ1) is 16.0. The number of hydrogen-bond donors (Lipinski definition) is 0. The molecule has 176 valence electrons. The van der Waals surface area contributed by atoms with Gasteiger partial charge in [0.15, 0.2) is 0 Å². The summed E-state index contributed by atoms with van der Waals surface area (Å²) in [7, 11) is -0.649. The van der Waals surface area contributed by atoms with Gasteiger partial charge in [-0.3, -0.25) is 0 Å². The number of benzene rings is 4. The van der Waals surface area contributed by atoms with Gasteiger partial charge in [0, 0.05) is 24.9 Å². The van der Waals surface area contributed by atoms with Crippen molar-refractivity contribution in [2.45, 2.75) is 39.3 Å². The van der Waals surface area contributed by atoms with Crippen LogP contribution in [-0.2, 0) is 0 Å². The van der Waals surface area contributed by atoms with Gasteiger partial charge in [-0.1, -0.05) is 99.9 Å². The van der Waals surface area contributed by atoms with Crippen molar-refractivity contribution in [1.82, 2.24) is 0 Å². The second-order valence-electron chi connectivity index (χ2n) is 11.5. The predicted octanol–water partition coefficient (Wildman–Crippen LogP) is 7.88. The van der Waals surface area contributed by atoms with Crippen molar-refractivity contribution >= 4 is 78.2 Å². The highest BCUT2D eigenvalue weighted by Gasteiger charge is 2.28. The Kier molecular flexibility index (Phi) is 5.60. The molecule has 0 aliphatic heterocycles. The van der Waals surface area contributed by atoms with Crippen LogP contribution in [0, 0.1) is 0 Å². The van der Waals surface area contributed by atoms with E-state index in [1.165, 1.54) is 42.7 Å². The number of hydrogen-bond acceptors (Lipinski definition) is 3. The zero-order valence-corrected chi connectivity index (χ0v) is 24.4. The van der Waals surface area contributed by atoms with E-state index >= 15 is 0 Å². The van der Waals surface area contributed by atoms with Gasteiger partial charge >= 0.3 is 8.16 Å². The summed E-state index contributed by atoms with van der Waals surface area (Å²) in [4.78, 5) is 0. The van der Waals surface area contributed by atoms with Crippen molar-refractivity contribution in [3.63, 3.8) is 0 Å². The Morgan fingerprint density at radius 2 is 1.00 bits per heavy atom. The molecule has 0 radical (unpaired) electrons. The fourth-order valence-corrected chi connectivity index (χ4v) is 8.91. The van der Waals surface area contributed by atoms with E-state index in [1.807, 2.05) is 0 Å². The van der Waals surface area contributed by atoms with Crippen LogP contribution in [0.1, 0.15) is 0 Å². The molecular weight excluding hydrogens is 469 g/mol. The van der Waals surface area contributed by atoms with Gasteiger partial charge < -0.3 is 8.39 Å². The minimum atomic E-state index is -1.74. The first-order valence-electron chi connectivity index (χ1n) is 11.9. The largest absolute Gasteiger partial charge is 0.408 e. The van der Waals surface area contributed by atoms with Crippen LogP contribution < -0.4 is 15.0 Å². The second kappa shape index (κ2) is 8.13. The lowest BCUT2D eigenvalue weighted by atomic mass is 9.98. The SMILES string of the molecule is CN(C)p1oc2c([Si](C)(C)C)cc3ccccc3c2c2c(o1)c([Si](C)(C)C)cc1ccccc12. The normalized spacial score (nSPS) is 13.0. The van der Waals surface area contributed by atoms with Crippen LogP contribution in [0.5, 0.6) is 0 Å². The van der Waals surface area contributed by atoms with E-state index in [4.69, 9.17) is 8.39 Å². The summed E-state index contributed by atoms with van der Waals surface area (Å²) < 4.78 is 15.9. The Balaban J connectivity index is 2.26. The molecule has 3 nitrogen and oxygen atoms in total. The molecule has 5 rings (SSSR count). The molecule has 0 N–H and O–H groups in total. The summed E-state index contributed by atoms with van der Waals surface area (Å²) in [5.41, 5.74) is 2.05. The molecule has 0 bridgehead atoms. The average Bonchev–Trinajstić information content (AvgIpc) is 2.94. The van der Waals surface area contributed by atoms with E-state index < -0.39 is 24.3 Å². The maximum Gasteiger partial charge on any atom is 0.309 e. The van der Waals surface area contributed by atoms with Crippen LogP contribution in [0.15, 0.2) is 69.1 Å². The molecule has 4 aromatic carbocycles. The van der Waals surface area contributed by atoms with Crippen LogP contribution in [0.4, 0.5) is 0 Å². The average molecular weight is 504 g/mol. The summed E-state index contributed by atoms with van der Waals surface area (Å²) in [5, 5.41) is 10.1. The van der Waals surface area contributed by atoms with E-state index in [2.05, 4.69) is 119 Å². The molecule has 0 fully saturated rings. The molecule has 6 heteroatoms. The summed E-state index contributed by atoms with van der Waals surface area (Å²) in [6.45, 7) is 14.4. The first kappa shape index (κ1) is 23.4. The van der Waals surface area contributed by atoms with E-state index in [9.17, 15) is 0 Å². The highest BCUT2D eigenvalue weighted by atomic mass is 31.1. The molecule has 0 atom stereocenters. The smallest absolute Gasteiger partial charge is 0.309 e. The van der Waals surface area contributed by atoms with E-state index in [-0.39, 0.29) is 0 Å². The minimum absolute atomic E-state index is 1.02. The number of nitrogens with zero attached hydrogens (tertiary/aromatic N) is 1. The first-order valence-corrected chi connectivity index (χ1v) is 20.1. The molecule has 0 saturated carbocycles. The lowest BCUT2D eigenvalue weighted by Crippen LogP contribution is -2.38. The van der Waals surface area contributed by atoms with Crippen molar-refractivity contribution < 1.29 is 8.39 Å². The van der Waals surface area contributed by atoms with Gasteiger partial charge in [0.25, 0.3) is 0 Å². The van der Waals surface area contributed by atoms with Gasteiger partial charge in [-0.05, 0) is 31.9 Å². The van der Waals surface area contributed by atoms with Crippen LogP contribution >= 0.6 is 8.16 Å². The van der Waals surface area contributed by atoms with E-state index in [0.717, 1.165) is 11.2 Å². The zero-order valence-electron chi connectivity index (χ0n) is 21.5. The lowest BCUT2D eigenvalue weighted by Gasteiger charge is -2.20. The third kappa shape index (κ3) is 3.85. The number of rotatable bonds is 3. The standard InChI is InChI=1S/C28H34NO2PSi2/c1-29(2)32-30-27-23(33(3,4)5)17-19-13-9-11-15-21(19)25(27)26-22-16-12-10-14-20(22)18-24(28(26)31-32)34(6,7)8/h9-18H,1-8H3. The second-order valence-corrected chi connectivity index (χ2v) is 23.2. The van der Waals surface area contributed by atoms with Gasteiger partial charge in [-0.15, -0.1) is 0 Å². The van der Waals surface area contributed by atoms with Gasteiger partial charge in [-0.2, -0.15) is 0 Å². The maximum absolute atomic E-state index is 6.90. The van der Waals surface area contributed by atoms with Crippen molar-refractivity contribution in [3.05, 3.63) is 60.7 Å². The molecule has 0 aliphatic carbocycles. The van der Waals surface area contributed by atoms with E-state index in [1.54, 1.807) is 0 Å². The molecule has 0 spiro atoms. The molecule has 1 aromatic heterocycles. The lowest BCUT2D eigenvalue weighted by molar-refractivity contribution is 0.637. The molecule has 1 heterocycles. The van der Waals surface area contributed by atoms with Crippen LogP contribution in [-0.4, -0.2) is 30.2 Å². The topological polar surface area (TPSA) is 29.5 Å². The van der Waals surface area contributed by atoms with Crippen molar-refractivity contribution in [3.8, 4) is 0 Å². The molecule has 5 aromatic rings. The van der Waals surface area contributed by atoms with E-state index in [0.29, 0.717) is 0 Å². The summed E-state index contributed by atoms with van der Waals surface area (Å²) in [6.07, 6.45) is 0. The minimum Gasteiger partial charge on any atom is -0.408 e. The summed E-state index contributed by atoms with van der Waals surface area (Å²) >= 11 is 0. The Labute approximate surface area is 205 Å². The molecule has 0 unspecified atom stereocenters. The fraction of sp³-hybridized carbons (Fsp3) is 0.286. The zero-order chi connectivity index (χ0) is 24.4. The Morgan fingerprint density at radius 3 is 1.35 bits per heavy atom.